The maximum absolute atomic E-state index is 15.1. The number of halogens is 2. The Labute approximate surface area is 217 Å². The number of rotatable bonds is 6. The molecule has 0 saturated carbocycles. The minimum Gasteiger partial charge on any atom is -0.382 e. The molecule has 0 bridgehead atoms. The number of hydrogen-bond acceptors (Lipinski definition) is 10. The zero-order valence-electron chi connectivity index (χ0n) is 20.1. The van der Waals surface area contributed by atoms with Crippen LogP contribution in [0.25, 0.3) is 5.65 Å². The fourth-order valence-corrected chi connectivity index (χ4v) is 4.11. The van der Waals surface area contributed by atoms with Crippen LogP contribution in [0, 0.1) is 11.3 Å². The lowest BCUT2D eigenvalue weighted by Crippen LogP contribution is -2.48. The van der Waals surface area contributed by atoms with Crippen LogP contribution in [0.5, 0.6) is 0 Å². The Morgan fingerprint density at radius 1 is 1.22 bits per heavy atom. The molecule has 5 heterocycles. The van der Waals surface area contributed by atoms with E-state index in [-0.39, 0.29) is 17.5 Å². The molecule has 1 saturated heterocycles. The summed E-state index contributed by atoms with van der Waals surface area (Å²) in [6.45, 7) is 3.96. The van der Waals surface area contributed by atoms with Gasteiger partial charge in [0.15, 0.2) is 17.3 Å². The number of nitrogens with one attached hydrogen (secondary N) is 2. The Bertz CT molecular complexity index is 1460. The molecular formula is C24H24ClFN10O. The molecule has 37 heavy (non-hydrogen) atoms. The van der Waals surface area contributed by atoms with Crippen molar-refractivity contribution < 1.29 is 9.50 Å². The first-order chi connectivity index (χ1) is 17.7. The van der Waals surface area contributed by atoms with E-state index >= 15 is 4.39 Å². The summed E-state index contributed by atoms with van der Waals surface area (Å²) in [6, 6.07) is 8.44. The Morgan fingerprint density at radius 2 is 2.05 bits per heavy atom. The summed E-state index contributed by atoms with van der Waals surface area (Å²) in [5, 5.41) is 29.9. The van der Waals surface area contributed by atoms with Crippen LogP contribution in [0.4, 0.5) is 27.7 Å². The summed E-state index contributed by atoms with van der Waals surface area (Å²) >= 11 is 6.31. The molecule has 0 aromatic carbocycles. The maximum Gasteiger partial charge on any atom is 0.229 e. The number of piperidine rings is 1. The van der Waals surface area contributed by atoms with Gasteiger partial charge in [0, 0.05) is 30.7 Å². The summed E-state index contributed by atoms with van der Waals surface area (Å²) in [4.78, 5) is 19.1. The standard InChI is InChI=1S/C24H24ClFN10O/c1-24(2,37)22-32-20-9-15(5-8-36(20)34-22)30-23-29-12-16(25)21(33-23)31-18-6-7-35(13-17(18)26)19-4-3-14(10-27)11-28-19/h3-5,8-9,11-12,17-18,37H,6-7,13H2,1-2H3,(H2,29,30,31,33). The summed E-state index contributed by atoms with van der Waals surface area (Å²) < 4.78 is 16.7. The Hall–Kier alpha value is -4.08. The Balaban J connectivity index is 1.27. The van der Waals surface area contributed by atoms with Crippen molar-refractivity contribution in [3.8, 4) is 6.07 Å². The van der Waals surface area contributed by atoms with Crippen molar-refractivity contribution >= 4 is 40.5 Å². The first-order valence-corrected chi connectivity index (χ1v) is 12.0. The van der Waals surface area contributed by atoms with Crippen molar-refractivity contribution in [1.29, 1.82) is 5.26 Å². The third-order valence-corrected chi connectivity index (χ3v) is 6.23. The number of fused-ring (bicyclic) bond motifs is 1. The van der Waals surface area contributed by atoms with Gasteiger partial charge in [-0.25, -0.2) is 23.9 Å². The van der Waals surface area contributed by atoms with Gasteiger partial charge in [0.05, 0.1) is 24.3 Å². The van der Waals surface area contributed by atoms with Gasteiger partial charge in [0.1, 0.15) is 28.7 Å². The highest BCUT2D eigenvalue weighted by atomic mass is 35.5. The Morgan fingerprint density at radius 3 is 2.76 bits per heavy atom. The van der Waals surface area contributed by atoms with E-state index in [1.54, 1.807) is 48.8 Å². The molecule has 4 aromatic heterocycles. The molecule has 0 aliphatic carbocycles. The summed E-state index contributed by atoms with van der Waals surface area (Å²) in [5.74, 6) is 1.53. The van der Waals surface area contributed by atoms with Gasteiger partial charge in [0.2, 0.25) is 5.95 Å². The molecule has 0 amide bonds. The normalized spacial score (nSPS) is 18.0. The predicted molar refractivity (Wildman–Crippen MR) is 137 cm³/mol. The number of alkyl halides is 1. The SMILES string of the molecule is CC(C)(O)c1nc2cc(Nc3ncc(Cl)c(NC4CCN(c5ccc(C#N)cn5)CC4F)n3)ccn2n1. The lowest BCUT2D eigenvalue weighted by molar-refractivity contribution is 0.0690. The van der Waals surface area contributed by atoms with Crippen LogP contribution < -0.4 is 15.5 Å². The number of hydrogen-bond donors (Lipinski definition) is 3. The van der Waals surface area contributed by atoms with Crippen molar-refractivity contribution in [1.82, 2.24) is 29.5 Å². The van der Waals surface area contributed by atoms with E-state index in [9.17, 15) is 5.11 Å². The molecule has 1 aliphatic heterocycles. The fraction of sp³-hybridized carbons (Fsp3) is 0.333. The smallest absolute Gasteiger partial charge is 0.229 e. The second kappa shape index (κ2) is 9.76. The zero-order chi connectivity index (χ0) is 26.2. The number of pyridine rings is 2. The van der Waals surface area contributed by atoms with E-state index in [0.717, 1.165) is 0 Å². The first kappa shape index (κ1) is 24.6. The predicted octanol–water partition coefficient (Wildman–Crippen LogP) is 3.44. The summed E-state index contributed by atoms with van der Waals surface area (Å²) in [7, 11) is 0. The zero-order valence-corrected chi connectivity index (χ0v) is 20.9. The molecule has 11 nitrogen and oxygen atoms in total. The summed E-state index contributed by atoms with van der Waals surface area (Å²) in [5.41, 5.74) is 0.489. The van der Waals surface area contributed by atoms with Crippen LogP contribution in [0.1, 0.15) is 31.7 Å². The van der Waals surface area contributed by atoms with Crippen molar-refractivity contribution in [2.45, 2.75) is 38.1 Å². The van der Waals surface area contributed by atoms with Crippen molar-refractivity contribution in [2.24, 2.45) is 0 Å². The van der Waals surface area contributed by atoms with Crippen LogP contribution >= 0.6 is 11.6 Å². The molecular weight excluding hydrogens is 499 g/mol. The largest absolute Gasteiger partial charge is 0.382 e. The van der Waals surface area contributed by atoms with Crippen LogP contribution in [-0.4, -0.2) is 60.0 Å². The van der Waals surface area contributed by atoms with Crippen molar-refractivity contribution in [3.05, 3.63) is 59.3 Å². The average molecular weight is 523 g/mol. The molecule has 1 fully saturated rings. The maximum atomic E-state index is 15.1. The van der Waals surface area contributed by atoms with Gasteiger partial charge < -0.3 is 20.6 Å². The van der Waals surface area contributed by atoms with E-state index in [4.69, 9.17) is 16.9 Å². The Kier molecular flexibility index (Phi) is 6.49. The molecule has 3 N–H and O–H groups in total. The molecule has 0 spiro atoms. The number of nitriles is 1. The minimum absolute atomic E-state index is 0.148. The van der Waals surface area contributed by atoms with E-state index in [1.165, 1.54) is 12.4 Å². The lowest BCUT2D eigenvalue weighted by atomic mass is 10.0. The van der Waals surface area contributed by atoms with Gasteiger partial charge in [-0.3, -0.25) is 0 Å². The van der Waals surface area contributed by atoms with Crippen LogP contribution in [-0.2, 0) is 5.60 Å². The highest BCUT2D eigenvalue weighted by molar-refractivity contribution is 6.32. The van der Waals surface area contributed by atoms with Gasteiger partial charge in [-0.15, -0.1) is 5.10 Å². The third-order valence-electron chi connectivity index (χ3n) is 5.95. The van der Waals surface area contributed by atoms with Gasteiger partial charge in [-0.2, -0.15) is 10.2 Å². The van der Waals surface area contributed by atoms with Gasteiger partial charge in [-0.1, -0.05) is 11.6 Å². The van der Waals surface area contributed by atoms with Crippen LogP contribution in [0.3, 0.4) is 0 Å². The van der Waals surface area contributed by atoms with E-state index < -0.39 is 17.8 Å². The molecule has 190 valence electrons. The number of nitrogens with zero attached hydrogens (tertiary/aromatic N) is 8. The molecule has 4 aromatic rings. The van der Waals surface area contributed by atoms with Crippen molar-refractivity contribution in [2.75, 3.05) is 28.6 Å². The van der Waals surface area contributed by atoms with Crippen molar-refractivity contribution in [3.63, 3.8) is 0 Å². The molecule has 5 rings (SSSR count). The highest BCUT2D eigenvalue weighted by Gasteiger charge is 2.30. The van der Waals surface area contributed by atoms with E-state index in [2.05, 4.69) is 35.7 Å². The number of aromatic nitrogens is 6. The third kappa shape index (κ3) is 5.37. The lowest BCUT2D eigenvalue weighted by Gasteiger charge is -2.36. The van der Waals surface area contributed by atoms with Gasteiger partial charge in [0.25, 0.3) is 0 Å². The van der Waals surface area contributed by atoms with E-state index in [1.807, 2.05) is 11.0 Å². The average Bonchev–Trinajstić information content (AvgIpc) is 3.31. The monoisotopic (exact) mass is 522 g/mol. The minimum atomic E-state index is -1.20. The summed E-state index contributed by atoms with van der Waals surface area (Å²) in [6.07, 6.45) is 3.94. The first-order valence-electron chi connectivity index (χ1n) is 11.6. The van der Waals surface area contributed by atoms with E-state index in [0.29, 0.717) is 47.3 Å². The quantitative estimate of drug-likeness (QED) is 0.345. The number of anilines is 4. The molecule has 1 aliphatic rings. The fourth-order valence-electron chi connectivity index (χ4n) is 3.97. The van der Waals surface area contributed by atoms with Gasteiger partial charge in [-0.05, 0) is 38.5 Å². The molecule has 0 radical (unpaired) electrons. The second-order valence-corrected chi connectivity index (χ2v) is 9.65. The topological polar surface area (TPSA) is 140 Å². The molecule has 13 heteroatoms. The van der Waals surface area contributed by atoms with Crippen LogP contribution in [0.15, 0.2) is 42.9 Å². The second-order valence-electron chi connectivity index (χ2n) is 9.25. The van der Waals surface area contributed by atoms with Crippen LogP contribution in [0.2, 0.25) is 5.02 Å². The number of aliphatic hydroxyl groups is 1. The highest BCUT2D eigenvalue weighted by Crippen LogP contribution is 2.27. The van der Waals surface area contributed by atoms with Gasteiger partial charge >= 0.3 is 0 Å². The molecule has 2 atom stereocenters. The molecule has 2 unspecified atom stereocenters.